The van der Waals surface area contributed by atoms with E-state index < -0.39 is 0 Å². The molecule has 1 aromatic carbocycles. The van der Waals surface area contributed by atoms with Crippen molar-refractivity contribution in [2.75, 3.05) is 14.1 Å². The number of likely N-dealkylation sites (N-methyl/N-ethyl adjacent to an activating group) is 1. The summed E-state index contributed by atoms with van der Waals surface area (Å²) in [5.41, 5.74) is 1.39. The van der Waals surface area contributed by atoms with Crippen molar-refractivity contribution in [2.45, 2.75) is 44.2 Å². The van der Waals surface area contributed by atoms with Gasteiger partial charge in [0.1, 0.15) is 6.04 Å². The van der Waals surface area contributed by atoms with Crippen LogP contribution in [0.4, 0.5) is 0 Å². The third-order valence-electron chi connectivity index (χ3n) is 4.60. The fourth-order valence-electron chi connectivity index (χ4n) is 3.42. The molecule has 1 aromatic rings. The Hall–Kier alpha value is -0.790. The zero-order valence-corrected chi connectivity index (χ0v) is 12.9. The first-order valence-corrected chi connectivity index (χ1v) is 7.17. The fraction of sp³-hybridized carbons (Fsp3) is 0.529. The molecule has 1 atom stereocenters. The van der Waals surface area contributed by atoms with E-state index in [1.54, 1.807) is 0 Å². The van der Waals surface area contributed by atoms with Crippen molar-refractivity contribution >= 4 is 0 Å². The predicted molar refractivity (Wildman–Crippen MR) is 78.4 cm³/mol. The molecule has 0 N–H and O–H groups in total. The van der Waals surface area contributed by atoms with Crippen molar-refractivity contribution in [1.82, 2.24) is 0 Å². The second kappa shape index (κ2) is 7.12. The van der Waals surface area contributed by atoms with Gasteiger partial charge in [-0.05, 0) is 31.8 Å². The number of hydrogen-bond acceptors (Lipinski definition) is 0. The zero-order chi connectivity index (χ0) is 13.0. The van der Waals surface area contributed by atoms with Gasteiger partial charge in [0.2, 0.25) is 0 Å². The molecule has 1 unspecified atom stereocenters. The molecule has 1 nitrogen and oxygen atoms in total. The summed E-state index contributed by atoms with van der Waals surface area (Å²) in [5, 5.41) is 0. The van der Waals surface area contributed by atoms with Gasteiger partial charge in [0.15, 0.2) is 0 Å². The van der Waals surface area contributed by atoms with Crippen LogP contribution >= 0.6 is 0 Å². The molecule has 0 aliphatic heterocycles. The summed E-state index contributed by atoms with van der Waals surface area (Å²) in [4.78, 5) is 0. The molecular formula is C17H26ClN. The van der Waals surface area contributed by atoms with E-state index in [9.17, 15) is 0 Å². The Morgan fingerprint density at radius 3 is 2.21 bits per heavy atom. The normalized spacial score (nSPS) is 18.4. The molecule has 0 spiro atoms. The Bertz CT molecular complexity index is 380. The van der Waals surface area contributed by atoms with Crippen molar-refractivity contribution in [1.29, 1.82) is 0 Å². The van der Waals surface area contributed by atoms with Gasteiger partial charge in [-0.25, -0.2) is 0 Å². The molecule has 0 heterocycles. The molecule has 1 saturated carbocycles. The van der Waals surface area contributed by atoms with Crippen LogP contribution in [0.3, 0.4) is 0 Å². The Kier molecular flexibility index (Phi) is 6.09. The van der Waals surface area contributed by atoms with Crippen LogP contribution in [0.15, 0.2) is 43.0 Å². The largest absolute Gasteiger partial charge is 1.00 e. The molecule has 0 amide bonds. The fourth-order valence-corrected chi connectivity index (χ4v) is 3.42. The highest BCUT2D eigenvalue weighted by Crippen LogP contribution is 2.35. The lowest BCUT2D eigenvalue weighted by atomic mass is 9.90. The standard InChI is InChI=1S/C17H26N.ClH/c1-4-17(15-11-7-5-8-12-15)18(2,3)16-13-9-6-10-14-16;/h4-5,7-8,11-12,16-17H,1,6,9-10,13-14H2,2-3H3;1H/q+1;/p-1. The number of halogens is 1. The highest BCUT2D eigenvalue weighted by Gasteiger charge is 2.36. The average molecular weight is 280 g/mol. The summed E-state index contributed by atoms with van der Waals surface area (Å²) < 4.78 is 1.05. The monoisotopic (exact) mass is 279 g/mol. The van der Waals surface area contributed by atoms with Crippen LogP contribution in [-0.2, 0) is 0 Å². The average Bonchev–Trinajstić information content (AvgIpc) is 2.41. The van der Waals surface area contributed by atoms with Gasteiger partial charge in [-0.2, -0.15) is 0 Å². The Morgan fingerprint density at radius 1 is 1.11 bits per heavy atom. The summed E-state index contributed by atoms with van der Waals surface area (Å²) in [6.45, 7) is 4.08. The SMILES string of the molecule is C=CC(c1ccccc1)[N+](C)(C)C1CCCCC1.[Cl-]. The minimum absolute atomic E-state index is 0. The lowest BCUT2D eigenvalue weighted by Crippen LogP contribution is -3.00. The first kappa shape index (κ1) is 16.3. The Balaban J connectivity index is 0.00000180. The Labute approximate surface area is 124 Å². The van der Waals surface area contributed by atoms with E-state index in [4.69, 9.17) is 0 Å². The van der Waals surface area contributed by atoms with Crippen LogP contribution in [0.5, 0.6) is 0 Å². The van der Waals surface area contributed by atoms with Crippen LogP contribution < -0.4 is 12.4 Å². The van der Waals surface area contributed by atoms with Gasteiger partial charge in [0.25, 0.3) is 0 Å². The maximum absolute atomic E-state index is 4.08. The number of rotatable bonds is 4. The lowest BCUT2D eigenvalue weighted by Gasteiger charge is -2.45. The van der Waals surface area contributed by atoms with Gasteiger partial charge in [-0.15, -0.1) is 0 Å². The van der Waals surface area contributed by atoms with Crippen LogP contribution in [0, 0.1) is 0 Å². The molecule has 0 aromatic heterocycles. The van der Waals surface area contributed by atoms with E-state index in [-0.39, 0.29) is 12.4 Å². The zero-order valence-electron chi connectivity index (χ0n) is 12.2. The van der Waals surface area contributed by atoms with E-state index in [0.717, 1.165) is 10.5 Å². The van der Waals surface area contributed by atoms with Crippen molar-refractivity contribution < 1.29 is 16.9 Å². The van der Waals surface area contributed by atoms with Gasteiger partial charge in [-0.1, -0.05) is 43.3 Å². The maximum Gasteiger partial charge on any atom is 0.133 e. The van der Waals surface area contributed by atoms with Crippen molar-refractivity contribution in [2.24, 2.45) is 0 Å². The summed E-state index contributed by atoms with van der Waals surface area (Å²) in [6.07, 6.45) is 9.06. The van der Waals surface area contributed by atoms with E-state index >= 15 is 0 Å². The number of hydrogen-bond donors (Lipinski definition) is 0. The van der Waals surface area contributed by atoms with Gasteiger partial charge in [0, 0.05) is 5.56 Å². The van der Waals surface area contributed by atoms with Gasteiger partial charge in [-0.3, -0.25) is 0 Å². The molecule has 0 radical (unpaired) electrons. The molecule has 19 heavy (non-hydrogen) atoms. The number of quaternary nitrogens is 1. The minimum Gasteiger partial charge on any atom is -1.00 e. The number of benzene rings is 1. The van der Waals surface area contributed by atoms with Crippen molar-refractivity contribution in [3.63, 3.8) is 0 Å². The van der Waals surface area contributed by atoms with Crippen LogP contribution in [0.2, 0.25) is 0 Å². The topological polar surface area (TPSA) is 0 Å². The van der Waals surface area contributed by atoms with Gasteiger partial charge < -0.3 is 16.9 Å². The molecule has 1 aliphatic rings. The first-order valence-electron chi connectivity index (χ1n) is 7.17. The van der Waals surface area contributed by atoms with Crippen molar-refractivity contribution in [3.8, 4) is 0 Å². The van der Waals surface area contributed by atoms with Crippen LogP contribution in [0.25, 0.3) is 0 Å². The summed E-state index contributed by atoms with van der Waals surface area (Å²) in [6, 6.07) is 12.0. The van der Waals surface area contributed by atoms with Crippen LogP contribution in [-0.4, -0.2) is 24.6 Å². The van der Waals surface area contributed by atoms with E-state index in [1.807, 2.05) is 0 Å². The van der Waals surface area contributed by atoms with E-state index in [0.29, 0.717) is 6.04 Å². The molecule has 1 fully saturated rings. The molecule has 1 aliphatic carbocycles. The smallest absolute Gasteiger partial charge is 0.133 e. The number of nitrogens with zero attached hydrogens (tertiary/aromatic N) is 1. The second-order valence-corrected chi connectivity index (χ2v) is 6.01. The van der Waals surface area contributed by atoms with Crippen molar-refractivity contribution in [3.05, 3.63) is 48.6 Å². The molecule has 2 rings (SSSR count). The third-order valence-corrected chi connectivity index (χ3v) is 4.60. The van der Waals surface area contributed by atoms with Crippen LogP contribution in [0.1, 0.15) is 43.7 Å². The molecule has 0 bridgehead atoms. The second-order valence-electron chi connectivity index (χ2n) is 6.01. The summed E-state index contributed by atoms with van der Waals surface area (Å²) in [5.74, 6) is 0. The van der Waals surface area contributed by atoms with E-state index in [2.05, 4.69) is 57.1 Å². The van der Waals surface area contributed by atoms with Gasteiger partial charge in [0.05, 0.1) is 20.1 Å². The van der Waals surface area contributed by atoms with E-state index in [1.165, 1.54) is 37.7 Å². The Morgan fingerprint density at radius 2 is 1.68 bits per heavy atom. The predicted octanol–water partition coefficient (Wildman–Crippen LogP) is 1.33. The molecule has 106 valence electrons. The summed E-state index contributed by atoms with van der Waals surface area (Å²) >= 11 is 0. The quantitative estimate of drug-likeness (QED) is 0.576. The molecule has 0 saturated heterocycles. The highest BCUT2D eigenvalue weighted by molar-refractivity contribution is 5.20. The maximum atomic E-state index is 4.08. The molecular weight excluding hydrogens is 254 g/mol. The lowest BCUT2D eigenvalue weighted by molar-refractivity contribution is -0.939. The first-order chi connectivity index (χ1) is 8.66. The minimum atomic E-state index is 0. The summed E-state index contributed by atoms with van der Waals surface area (Å²) in [7, 11) is 4.74. The van der Waals surface area contributed by atoms with Gasteiger partial charge >= 0.3 is 0 Å². The third kappa shape index (κ3) is 3.61. The highest BCUT2D eigenvalue weighted by atomic mass is 35.5. The molecule has 2 heteroatoms.